The van der Waals surface area contributed by atoms with E-state index < -0.39 is 0 Å². The Morgan fingerprint density at radius 1 is 1.07 bits per heavy atom. The van der Waals surface area contributed by atoms with Crippen LogP contribution in [0.25, 0.3) is 0 Å². The van der Waals surface area contributed by atoms with Crippen molar-refractivity contribution < 1.29 is 0 Å². The van der Waals surface area contributed by atoms with Gasteiger partial charge in [0.05, 0.1) is 0 Å². The zero-order valence-electron chi connectivity index (χ0n) is 8.82. The van der Waals surface area contributed by atoms with Crippen molar-refractivity contribution in [1.29, 1.82) is 0 Å². The van der Waals surface area contributed by atoms with Crippen molar-refractivity contribution in [3.63, 3.8) is 0 Å². The Balaban J connectivity index is 0.000000845. The number of hydrogen-bond acceptors (Lipinski definition) is 0. The van der Waals surface area contributed by atoms with Gasteiger partial charge in [0.2, 0.25) is 0 Å². The van der Waals surface area contributed by atoms with Gasteiger partial charge in [0.15, 0.2) is 0 Å². The smallest absolute Gasteiger partial charge is 0.0264 e. The van der Waals surface area contributed by atoms with Crippen LogP contribution in [0.5, 0.6) is 0 Å². The van der Waals surface area contributed by atoms with E-state index in [0.717, 1.165) is 16.7 Å². The summed E-state index contributed by atoms with van der Waals surface area (Å²) in [5, 5.41) is 0. The molecule has 0 saturated heterocycles. The van der Waals surface area contributed by atoms with Crippen molar-refractivity contribution in [2.45, 2.75) is 74.1 Å². The van der Waals surface area contributed by atoms with E-state index in [4.69, 9.17) is 0 Å². The first-order chi connectivity index (χ1) is 5.63. The summed E-state index contributed by atoms with van der Waals surface area (Å²) in [5.41, 5.74) is 1.59. The van der Waals surface area contributed by atoms with Crippen molar-refractivity contribution in [3.05, 3.63) is 0 Å². The van der Waals surface area contributed by atoms with E-state index in [1.807, 2.05) is 0 Å². The summed E-state index contributed by atoms with van der Waals surface area (Å²) in [7, 11) is 0. The molecule has 3 saturated carbocycles. The summed E-state index contributed by atoms with van der Waals surface area (Å²) in [4.78, 5) is 0. The Labute approximate surface area is 91.5 Å². The van der Waals surface area contributed by atoms with Crippen LogP contribution >= 0.6 is 0 Å². The van der Waals surface area contributed by atoms with Gasteiger partial charge in [-0.3, -0.25) is 0 Å². The molecule has 2 bridgehead atoms. The summed E-state index contributed by atoms with van der Waals surface area (Å²) in [6.07, 6.45) is 9.08. The molecule has 0 radical (unpaired) electrons. The highest BCUT2D eigenvalue weighted by Crippen LogP contribution is 2.67. The summed E-state index contributed by atoms with van der Waals surface area (Å²) >= 11 is 0. The van der Waals surface area contributed by atoms with E-state index in [2.05, 4.69) is 20.8 Å². The second kappa shape index (κ2) is 4.24. The zero-order chi connectivity index (χ0) is 8.82. The monoisotopic (exact) mass is 198 g/mol. The third kappa shape index (κ3) is 1.73. The Morgan fingerprint density at radius 2 is 1.64 bits per heavy atom. The molecule has 0 spiro atoms. The number of hydrogen-bond donors (Lipinski definition) is 0. The van der Waals surface area contributed by atoms with Gasteiger partial charge in [-0.1, -0.05) is 48.5 Å². The van der Waals surface area contributed by atoms with E-state index in [-0.39, 0.29) is 14.9 Å². The van der Waals surface area contributed by atoms with Crippen molar-refractivity contribution in [3.8, 4) is 0 Å². The van der Waals surface area contributed by atoms with Crippen LogP contribution in [0.1, 0.15) is 74.1 Å². The summed E-state index contributed by atoms with van der Waals surface area (Å²) in [6.45, 7) is 7.23. The van der Waals surface area contributed by atoms with Crippen LogP contribution in [0.2, 0.25) is 0 Å². The first-order valence-electron chi connectivity index (χ1n) is 5.63. The van der Waals surface area contributed by atoms with E-state index in [1.165, 1.54) is 25.7 Å². The Hall–Kier alpha value is 0. The van der Waals surface area contributed by atoms with Crippen molar-refractivity contribution >= 4 is 0 Å². The van der Waals surface area contributed by atoms with Crippen LogP contribution < -0.4 is 0 Å². The zero-order valence-corrected chi connectivity index (χ0v) is 8.82. The molecular weight excluding hydrogens is 168 g/mol. The average Bonchev–Trinajstić information content (AvgIpc) is 2.03. The number of fused-ring (bicyclic) bond motifs is 2. The van der Waals surface area contributed by atoms with Gasteiger partial charge in [-0.15, -0.1) is 0 Å². The fourth-order valence-electron chi connectivity index (χ4n) is 3.73. The molecule has 3 rings (SSSR count). The molecule has 3 fully saturated rings. The lowest BCUT2D eigenvalue weighted by Gasteiger charge is -2.63. The minimum Gasteiger partial charge on any atom is -0.0776 e. The maximum atomic E-state index is 2.42. The highest BCUT2D eigenvalue weighted by Gasteiger charge is 2.56. The van der Waals surface area contributed by atoms with Gasteiger partial charge in [0, 0.05) is 0 Å². The van der Waals surface area contributed by atoms with Crippen molar-refractivity contribution in [2.24, 2.45) is 16.7 Å². The van der Waals surface area contributed by atoms with Gasteiger partial charge < -0.3 is 0 Å². The lowest BCUT2D eigenvalue weighted by atomic mass is 9.42. The van der Waals surface area contributed by atoms with Crippen molar-refractivity contribution in [1.82, 2.24) is 0 Å². The lowest BCUT2D eigenvalue weighted by molar-refractivity contribution is -0.124. The molecule has 0 heterocycles. The minimum atomic E-state index is 0. The Morgan fingerprint density at radius 3 is 2.07 bits per heavy atom. The maximum absolute atomic E-state index is 2.42. The summed E-state index contributed by atoms with van der Waals surface area (Å²) in [5.74, 6) is 0.928. The fraction of sp³-hybridized carbons (Fsp3) is 1.00. The predicted molar refractivity (Wildman–Crippen MR) is 66.5 cm³/mol. The number of rotatable bonds is 2. The second-order valence-corrected chi connectivity index (χ2v) is 5.58. The molecule has 0 aromatic rings. The second-order valence-electron chi connectivity index (χ2n) is 5.58. The summed E-state index contributed by atoms with van der Waals surface area (Å²) in [6, 6.07) is 0. The van der Waals surface area contributed by atoms with Crippen LogP contribution in [0.4, 0.5) is 0 Å². The molecule has 0 N–H and O–H groups in total. The third-order valence-corrected chi connectivity index (χ3v) is 4.81. The van der Waals surface area contributed by atoms with Crippen LogP contribution in [-0.4, -0.2) is 0 Å². The molecule has 86 valence electrons. The maximum Gasteiger partial charge on any atom is -0.0264 e. The lowest BCUT2D eigenvalue weighted by Crippen LogP contribution is -2.52. The molecule has 0 aromatic carbocycles. The normalized spacial score (nSPS) is 39.4. The first kappa shape index (κ1) is 14.0. The van der Waals surface area contributed by atoms with Gasteiger partial charge in [-0.25, -0.2) is 0 Å². The van der Waals surface area contributed by atoms with E-state index in [9.17, 15) is 0 Å². The molecule has 3 aliphatic rings. The van der Waals surface area contributed by atoms with Gasteiger partial charge >= 0.3 is 0 Å². The van der Waals surface area contributed by atoms with Gasteiger partial charge in [-0.05, 0) is 42.4 Å². The Bertz CT molecular complexity index is 172. The molecule has 0 unspecified atom stereocenters. The highest BCUT2D eigenvalue weighted by atomic mass is 14.6. The quantitative estimate of drug-likeness (QED) is 0.566. The minimum absolute atomic E-state index is 0. The van der Waals surface area contributed by atoms with Crippen LogP contribution in [-0.2, 0) is 0 Å². The van der Waals surface area contributed by atoms with E-state index in [0.29, 0.717) is 0 Å². The SMILES string of the molecule is C.C.CCC12CCCC(C(C)C)(C1)C2. The summed E-state index contributed by atoms with van der Waals surface area (Å²) < 4.78 is 0. The molecule has 0 aliphatic heterocycles. The molecule has 3 aliphatic carbocycles. The predicted octanol–water partition coefficient (Wildman–Crippen LogP) is 5.28. The molecule has 0 aromatic heterocycles. The van der Waals surface area contributed by atoms with Crippen LogP contribution in [0.3, 0.4) is 0 Å². The van der Waals surface area contributed by atoms with Crippen molar-refractivity contribution in [2.75, 3.05) is 0 Å². The largest absolute Gasteiger partial charge is 0.0776 e. The van der Waals surface area contributed by atoms with Crippen LogP contribution in [0.15, 0.2) is 0 Å². The molecule has 0 amide bonds. The molecule has 0 heteroatoms. The van der Waals surface area contributed by atoms with Gasteiger partial charge in [0.1, 0.15) is 0 Å². The average molecular weight is 198 g/mol. The van der Waals surface area contributed by atoms with Crippen LogP contribution in [0, 0.1) is 16.7 Å². The Kier molecular flexibility index (Phi) is 4.24. The highest BCUT2D eigenvalue weighted by molar-refractivity contribution is 5.07. The standard InChI is InChI=1S/C12H22.2CH4/c1-4-11-6-5-7-12(8-11,9-11)10(2)3;;/h10H,4-9H2,1-3H3;2*1H4. The van der Waals surface area contributed by atoms with Gasteiger partial charge in [-0.2, -0.15) is 0 Å². The topological polar surface area (TPSA) is 0 Å². The van der Waals surface area contributed by atoms with E-state index >= 15 is 0 Å². The van der Waals surface area contributed by atoms with Gasteiger partial charge in [0.25, 0.3) is 0 Å². The molecular formula is C14H30. The molecule has 0 nitrogen and oxygen atoms in total. The fourth-order valence-corrected chi connectivity index (χ4v) is 3.73. The molecule has 0 atom stereocenters. The first-order valence-corrected chi connectivity index (χ1v) is 5.63. The van der Waals surface area contributed by atoms with E-state index in [1.54, 1.807) is 12.8 Å². The molecule has 14 heavy (non-hydrogen) atoms. The third-order valence-electron chi connectivity index (χ3n) is 4.81.